The monoisotopic (exact) mass is 297 g/mol. The summed E-state index contributed by atoms with van der Waals surface area (Å²) in [6.45, 7) is 5.41. The summed E-state index contributed by atoms with van der Waals surface area (Å²) in [5.74, 6) is -0.336. The molecule has 0 spiro atoms. The third kappa shape index (κ3) is 5.05. The second-order valence-electron chi connectivity index (χ2n) is 5.07. The summed E-state index contributed by atoms with van der Waals surface area (Å²) in [6, 6.07) is 0. The first-order chi connectivity index (χ1) is 10.2. The van der Waals surface area contributed by atoms with Crippen LogP contribution in [0.25, 0.3) is 0 Å². The molecule has 1 aromatic rings. The van der Waals surface area contributed by atoms with E-state index in [0.29, 0.717) is 19.6 Å². The van der Waals surface area contributed by atoms with Crippen LogP contribution in [0, 0.1) is 0 Å². The van der Waals surface area contributed by atoms with Crippen molar-refractivity contribution < 1.29 is 9.90 Å². The number of rotatable bonds is 7. The third-order valence-electron chi connectivity index (χ3n) is 3.31. The van der Waals surface area contributed by atoms with Gasteiger partial charge in [-0.2, -0.15) is 0 Å². The van der Waals surface area contributed by atoms with E-state index in [1.54, 1.807) is 6.20 Å². The number of piperazine rings is 1. The predicted molar refractivity (Wildman–Crippen MR) is 76.7 cm³/mol. The zero-order chi connectivity index (χ0) is 15.1. The van der Waals surface area contributed by atoms with Gasteiger partial charge < -0.3 is 21.5 Å². The molecule has 1 aliphatic heterocycles. The molecule has 5 N–H and O–H groups in total. The van der Waals surface area contributed by atoms with Crippen molar-refractivity contribution in [1.29, 1.82) is 0 Å². The first-order valence-electron chi connectivity index (χ1n) is 7.18. The summed E-state index contributed by atoms with van der Waals surface area (Å²) in [5.41, 5.74) is 5.64. The standard InChI is InChI=1S/C12H23N7O2/c13-1-4-19-9-11(16-17-19)12(21)15-7-10(20)8-18-5-2-14-3-6-18/h9-10,14,20H,1-8,13H2,(H,15,21)/t10-/m0/s1. The topological polar surface area (TPSA) is 121 Å². The number of nitrogens with two attached hydrogens (primary N) is 1. The van der Waals surface area contributed by atoms with Gasteiger partial charge in [0.05, 0.1) is 18.8 Å². The number of hydrogen-bond acceptors (Lipinski definition) is 7. The molecule has 0 unspecified atom stereocenters. The first kappa shape index (κ1) is 15.8. The fraction of sp³-hybridized carbons (Fsp3) is 0.750. The van der Waals surface area contributed by atoms with E-state index in [-0.39, 0.29) is 18.1 Å². The van der Waals surface area contributed by atoms with E-state index in [1.165, 1.54) is 4.68 Å². The zero-order valence-corrected chi connectivity index (χ0v) is 12.0. The molecule has 0 saturated carbocycles. The molecule has 9 nitrogen and oxygen atoms in total. The normalized spacial score (nSPS) is 17.6. The lowest BCUT2D eigenvalue weighted by atomic mass is 10.2. The van der Waals surface area contributed by atoms with Crippen LogP contribution in [0.4, 0.5) is 0 Å². The third-order valence-corrected chi connectivity index (χ3v) is 3.31. The molecule has 2 rings (SSSR count). The van der Waals surface area contributed by atoms with Crippen LogP contribution in [0.5, 0.6) is 0 Å². The molecule has 9 heteroatoms. The lowest BCUT2D eigenvalue weighted by molar-refractivity contribution is 0.0838. The quantitative estimate of drug-likeness (QED) is 0.430. The summed E-state index contributed by atoms with van der Waals surface area (Å²) in [5, 5.41) is 23.4. The minimum atomic E-state index is -0.592. The molecule has 21 heavy (non-hydrogen) atoms. The van der Waals surface area contributed by atoms with Gasteiger partial charge in [0.15, 0.2) is 5.69 Å². The van der Waals surface area contributed by atoms with Crippen molar-refractivity contribution in [3.8, 4) is 0 Å². The largest absolute Gasteiger partial charge is 0.390 e. The molecule has 1 aliphatic rings. The highest BCUT2D eigenvalue weighted by molar-refractivity contribution is 5.91. The molecule has 1 saturated heterocycles. The maximum atomic E-state index is 11.9. The van der Waals surface area contributed by atoms with E-state index in [2.05, 4.69) is 25.8 Å². The fourth-order valence-electron chi connectivity index (χ4n) is 2.20. The first-order valence-corrected chi connectivity index (χ1v) is 7.18. The molecule has 1 amide bonds. The SMILES string of the molecule is NCCn1cc(C(=O)NC[C@H](O)CN2CCNCC2)nn1. The maximum Gasteiger partial charge on any atom is 0.273 e. The molecule has 1 atom stereocenters. The Hall–Kier alpha value is -1.55. The van der Waals surface area contributed by atoms with Crippen molar-refractivity contribution in [2.75, 3.05) is 45.8 Å². The molecular weight excluding hydrogens is 274 g/mol. The molecule has 0 radical (unpaired) electrons. The van der Waals surface area contributed by atoms with E-state index >= 15 is 0 Å². The van der Waals surface area contributed by atoms with E-state index < -0.39 is 6.10 Å². The molecule has 0 aliphatic carbocycles. The van der Waals surface area contributed by atoms with Crippen molar-refractivity contribution in [3.63, 3.8) is 0 Å². The van der Waals surface area contributed by atoms with Crippen LogP contribution in [0.3, 0.4) is 0 Å². The Balaban J connectivity index is 1.71. The Morgan fingerprint density at radius 1 is 1.52 bits per heavy atom. The van der Waals surface area contributed by atoms with Crippen molar-refractivity contribution in [2.45, 2.75) is 12.6 Å². The molecule has 1 fully saturated rings. The number of nitrogens with one attached hydrogen (secondary N) is 2. The van der Waals surface area contributed by atoms with Gasteiger partial charge in [-0.3, -0.25) is 14.4 Å². The van der Waals surface area contributed by atoms with Crippen LogP contribution in [-0.2, 0) is 6.54 Å². The second-order valence-corrected chi connectivity index (χ2v) is 5.07. The number of amides is 1. The number of aromatic nitrogens is 3. The summed E-state index contributed by atoms with van der Waals surface area (Å²) < 4.78 is 1.52. The highest BCUT2D eigenvalue weighted by Crippen LogP contribution is 1.96. The average molecular weight is 297 g/mol. The van der Waals surface area contributed by atoms with E-state index in [1.807, 2.05) is 0 Å². The summed E-state index contributed by atoms with van der Waals surface area (Å²) in [4.78, 5) is 14.0. The summed E-state index contributed by atoms with van der Waals surface area (Å²) in [7, 11) is 0. The fourth-order valence-corrected chi connectivity index (χ4v) is 2.20. The van der Waals surface area contributed by atoms with Crippen molar-refractivity contribution in [1.82, 2.24) is 30.5 Å². The van der Waals surface area contributed by atoms with Crippen LogP contribution in [0.15, 0.2) is 6.20 Å². The Kier molecular flexibility index (Phi) is 6.05. The average Bonchev–Trinajstić information content (AvgIpc) is 2.95. The molecule has 1 aromatic heterocycles. The van der Waals surface area contributed by atoms with Gasteiger partial charge in [0, 0.05) is 45.8 Å². The molecule has 2 heterocycles. The van der Waals surface area contributed by atoms with Crippen LogP contribution in [-0.4, -0.2) is 82.8 Å². The minimum absolute atomic E-state index is 0.201. The number of β-amino-alcohol motifs (C(OH)–C–C–N with tert-alkyl or cyclic N) is 1. The number of aliphatic hydroxyl groups is 1. The van der Waals surface area contributed by atoms with Crippen LogP contribution in [0.2, 0.25) is 0 Å². The van der Waals surface area contributed by atoms with Gasteiger partial charge in [-0.05, 0) is 0 Å². The summed E-state index contributed by atoms with van der Waals surface area (Å²) in [6.07, 6.45) is 0.955. The predicted octanol–water partition coefficient (Wildman–Crippen LogP) is -2.77. The number of carbonyl (C=O) groups excluding carboxylic acids is 1. The van der Waals surface area contributed by atoms with Crippen molar-refractivity contribution in [3.05, 3.63) is 11.9 Å². The van der Waals surface area contributed by atoms with Crippen LogP contribution >= 0.6 is 0 Å². The number of hydrogen-bond donors (Lipinski definition) is 4. The second kappa shape index (κ2) is 8.03. The lowest BCUT2D eigenvalue weighted by Gasteiger charge is -2.29. The maximum absolute atomic E-state index is 11.9. The molecular formula is C12H23N7O2. The zero-order valence-electron chi connectivity index (χ0n) is 12.0. The van der Waals surface area contributed by atoms with Gasteiger partial charge in [0.2, 0.25) is 0 Å². The highest BCUT2D eigenvalue weighted by atomic mass is 16.3. The van der Waals surface area contributed by atoms with Crippen LogP contribution in [0.1, 0.15) is 10.5 Å². The Morgan fingerprint density at radius 3 is 3.00 bits per heavy atom. The van der Waals surface area contributed by atoms with Crippen molar-refractivity contribution >= 4 is 5.91 Å². The smallest absolute Gasteiger partial charge is 0.273 e. The van der Waals surface area contributed by atoms with Gasteiger partial charge in [-0.25, -0.2) is 0 Å². The van der Waals surface area contributed by atoms with Crippen molar-refractivity contribution in [2.24, 2.45) is 5.73 Å². The lowest BCUT2D eigenvalue weighted by Crippen LogP contribution is -2.48. The summed E-state index contributed by atoms with van der Waals surface area (Å²) >= 11 is 0. The molecule has 0 bridgehead atoms. The van der Waals surface area contributed by atoms with Gasteiger partial charge in [-0.1, -0.05) is 5.21 Å². The number of aliphatic hydroxyl groups excluding tert-OH is 1. The van der Waals surface area contributed by atoms with E-state index in [9.17, 15) is 9.90 Å². The van der Waals surface area contributed by atoms with Gasteiger partial charge in [0.25, 0.3) is 5.91 Å². The van der Waals surface area contributed by atoms with Gasteiger partial charge in [0.1, 0.15) is 0 Å². The molecule has 118 valence electrons. The minimum Gasteiger partial charge on any atom is -0.390 e. The van der Waals surface area contributed by atoms with Crippen LogP contribution < -0.4 is 16.4 Å². The van der Waals surface area contributed by atoms with E-state index in [4.69, 9.17) is 5.73 Å². The van der Waals surface area contributed by atoms with Gasteiger partial charge >= 0.3 is 0 Å². The highest BCUT2D eigenvalue weighted by Gasteiger charge is 2.16. The Bertz CT molecular complexity index is 445. The van der Waals surface area contributed by atoms with Gasteiger partial charge in [-0.15, -0.1) is 5.10 Å². The Morgan fingerprint density at radius 2 is 2.29 bits per heavy atom. The molecule has 0 aromatic carbocycles. The van der Waals surface area contributed by atoms with E-state index in [0.717, 1.165) is 26.2 Å². The number of nitrogens with zero attached hydrogens (tertiary/aromatic N) is 4. The number of carbonyl (C=O) groups is 1. The Labute approximate surface area is 123 Å².